The summed E-state index contributed by atoms with van der Waals surface area (Å²) in [5.41, 5.74) is 2.90. The summed E-state index contributed by atoms with van der Waals surface area (Å²) < 4.78 is 17.4. The molecule has 0 amide bonds. The molecular weight excluding hydrogens is 389 g/mol. The van der Waals surface area contributed by atoms with Gasteiger partial charge in [-0.25, -0.2) is 8.70 Å². The second kappa shape index (κ2) is 9.19. The molecule has 0 bridgehead atoms. The molecule has 156 valence electrons. The number of benzene rings is 1. The highest BCUT2D eigenvalue weighted by Gasteiger charge is 2.24. The normalized spacial score (nSPS) is 19.7. The number of rotatable bonds is 6. The van der Waals surface area contributed by atoms with Crippen molar-refractivity contribution in [3.05, 3.63) is 48.0 Å². The third-order valence-corrected chi connectivity index (χ3v) is 6.60. The van der Waals surface area contributed by atoms with Crippen molar-refractivity contribution in [1.29, 1.82) is 0 Å². The second-order valence-electron chi connectivity index (χ2n) is 7.66. The summed E-state index contributed by atoms with van der Waals surface area (Å²) in [6, 6.07) is 8.90. The Labute approximate surface area is 175 Å². The summed E-state index contributed by atoms with van der Waals surface area (Å²) in [5, 5.41) is 12.9. The highest BCUT2D eigenvalue weighted by molar-refractivity contribution is 7.97. The fourth-order valence-electron chi connectivity index (χ4n) is 4.08. The summed E-state index contributed by atoms with van der Waals surface area (Å²) in [6.45, 7) is 6.74. The van der Waals surface area contributed by atoms with Crippen molar-refractivity contribution in [2.75, 3.05) is 51.2 Å². The zero-order chi connectivity index (χ0) is 20.2. The molecule has 0 unspecified atom stereocenters. The molecule has 29 heavy (non-hydrogen) atoms. The lowest BCUT2D eigenvalue weighted by atomic mass is 10.2. The molecule has 0 spiro atoms. The third-order valence-electron chi connectivity index (χ3n) is 5.63. The Morgan fingerprint density at radius 1 is 1.03 bits per heavy atom. The number of oxime groups is 1. The Balaban J connectivity index is 1.22. The molecule has 1 saturated heterocycles. The van der Waals surface area contributed by atoms with Crippen molar-refractivity contribution < 1.29 is 9.60 Å². The van der Waals surface area contributed by atoms with Gasteiger partial charge < -0.3 is 14.7 Å². The summed E-state index contributed by atoms with van der Waals surface area (Å²) >= 11 is 1.70. The Kier molecular flexibility index (Phi) is 6.42. The van der Waals surface area contributed by atoms with Gasteiger partial charge in [0.15, 0.2) is 0 Å². The highest BCUT2D eigenvalue weighted by atomic mass is 32.2. The maximum atomic E-state index is 13.1. The number of hydrogen-bond acceptors (Lipinski definition) is 6. The number of aryl methyl sites for hydroxylation is 1. The van der Waals surface area contributed by atoms with Gasteiger partial charge in [-0.3, -0.25) is 4.90 Å². The first-order valence-corrected chi connectivity index (χ1v) is 10.9. The van der Waals surface area contributed by atoms with E-state index < -0.39 is 0 Å². The summed E-state index contributed by atoms with van der Waals surface area (Å²) in [7, 11) is 2.01. The van der Waals surface area contributed by atoms with Crippen LogP contribution in [0.25, 0.3) is 0 Å². The number of nitrogens with zero attached hydrogens (tertiary/aromatic N) is 5. The number of piperazine rings is 1. The number of fused-ring (bicyclic) bond motifs is 1. The van der Waals surface area contributed by atoms with Gasteiger partial charge in [-0.2, -0.15) is 0 Å². The fourth-order valence-corrected chi connectivity index (χ4v) is 5.05. The Hall–Kier alpha value is -2.03. The predicted molar refractivity (Wildman–Crippen MR) is 116 cm³/mol. The van der Waals surface area contributed by atoms with Crippen molar-refractivity contribution in [3.8, 4) is 0 Å². The Bertz CT molecular complexity index is 845. The van der Waals surface area contributed by atoms with E-state index in [1.54, 1.807) is 11.9 Å². The minimum Gasteiger partial charge on any atom is -0.411 e. The highest BCUT2D eigenvalue weighted by Crippen LogP contribution is 2.32. The third kappa shape index (κ3) is 4.76. The molecule has 1 aromatic carbocycles. The zero-order valence-electron chi connectivity index (χ0n) is 16.8. The van der Waals surface area contributed by atoms with Crippen LogP contribution < -0.4 is 4.90 Å². The molecule has 2 aliphatic heterocycles. The Morgan fingerprint density at radius 3 is 2.48 bits per heavy atom. The van der Waals surface area contributed by atoms with E-state index in [1.807, 2.05) is 19.2 Å². The number of unbranched alkanes of at least 4 members (excludes halogenated alkanes) is 1. The minimum absolute atomic E-state index is 0.181. The van der Waals surface area contributed by atoms with E-state index in [1.165, 1.54) is 12.1 Å². The lowest BCUT2D eigenvalue weighted by Crippen LogP contribution is -2.46. The summed E-state index contributed by atoms with van der Waals surface area (Å²) in [6.07, 6.45) is 4.34. The van der Waals surface area contributed by atoms with E-state index in [0.717, 1.165) is 74.1 Å². The molecule has 0 saturated carbocycles. The van der Waals surface area contributed by atoms with Crippen molar-refractivity contribution in [1.82, 2.24) is 13.8 Å². The molecule has 0 radical (unpaired) electrons. The lowest BCUT2D eigenvalue weighted by molar-refractivity contribution is 0.251. The van der Waals surface area contributed by atoms with E-state index >= 15 is 0 Å². The SMILES string of the molecule is CN1C/C(=N\O)c2c(ccn2CCCCN2CCN(c3ccc(F)cc3)CC2)S1. The van der Waals surface area contributed by atoms with Gasteiger partial charge in [0.05, 0.1) is 17.1 Å². The van der Waals surface area contributed by atoms with E-state index in [9.17, 15) is 9.60 Å². The molecule has 3 heterocycles. The first kappa shape index (κ1) is 20.3. The zero-order valence-corrected chi connectivity index (χ0v) is 17.6. The van der Waals surface area contributed by atoms with E-state index in [-0.39, 0.29) is 5.82 Å². The van der Waals surface area contributed by atoms with Crippen LogP contribution in [0.2, 0.25) is 0 Å². The van der Waals surface area contributed by atoms with Gasteiger partial charge in [-0.1, -0.05) is 5.16 Å². The average Bonchev–Trinajstić information content (AvgIpc) is 3.14. The van der Waals surface area contributed by atoms with Crippen LogP contribution in [0, 0.1) is 5.82 Å². The average molecular weight is 418 g/mol. The summed E-state index contributed by atoms with van der Waals surface area (Å²) in [5.74, 6) is -0.181. The molecule has 8 heteroatoms. The van der Waals surface area contributed by atoms with Gasteiger partial charge in [0.1, 0.15) is 11.5 Å². The number of anilines is 1. The topological polar surface area (TPSA) is 47.2 Å². The maximum Gasteiger partial charge on any atom is 0.123 e. The van der Waals surface area contributed by atoms with E-state index in [4.69, 9.17) is 0 Å². The standard InChI is InChI=1S/C21H28FN5OS/c1-24-16-19(23-28)21-20(29-24)8-11-27(21)10-3-2-9-25-12-14-26(15-13-25)18-6-4-17(22)5-7-18/h4-8,11,28H,2-3,9-10,12-16H2,1H3/b23-19+. The predicted octanol–water partition coefficient (Wildman–Crippen LogP) is 3.36. The number of likely N-dealkylation sites (N-methyl/N-ethyl adjacent to an activating group) is 1. The van der Waals surface area contributed by atoms with Crippen LogP contribution in [0.4, 0.5) is 10.1 Å². The van der Waals surface area contributed by atoms with Crippen molar-refractivity contribution >= 4 is 23.3 Å². The lowest BCUT2D eigenvalue weighted by Gasteiger charge is -2.36. The van der Waals surface area contributed by atoms with Crippen LogP contribution in [0.5, 0.6) is 0 Å². The van der Waals surface area contributed by atoms with Gasteiger partial charge in [-0.15, -0.1) is 0 Å². The smallest absolute Gasteiger partial charge is 0.123 e. The van der Waals surface area contributed by atoms with Gasteiger partial charge in [0, 0.05) is 44.6 Å². The Morgan fingerprint density at radius 2 is 1.76 bits per heavy atom. The number of halogens is 1. The molecule has 0 aliphatic carbocycles. The monoisotopic (exact) mass is 417 g/mol. The minimum atomic E-state index is -0.181. The summed E-state index contributed by atoms with van der Waals surface area (Å²) in [4.78, 5) is 5.99. The van der Waals surface area contributed by atoms with Crippen LogP contribution in [-0.4, -0.2) is 71.0 Å². The van der Waals surface area contributed by atoms with Gasteiger partial charge in [0.25, 0.3) is 0 Å². The molecule has 6 nitrogen and oxygen atoms in total. The number of hydrogen-bond donors (Lipinski definition) is 1. The maximum absolute atomic E-state index is 13.1. The van der Waals surface area contributed by atoms with Gasteiger partial charge in [0.2, 0.25) is 0 Å². The molecule has 2 aliphatic rings. The van der Waals surface area contributed by atoms with Crippen LogP contribution in [0.15, 0.2) is 46.6 Å². The van der Waals surface area contributed by atoms with Crippen molar-refractivity contribution in [2.45, 2.75) is 24.3 Å². The molecule has 1 fully saturated rings. The fraction of sp³-hybridized carbons (Fsp3) is 0.476. The van der Waals surface area contributed by atoms with Crippen LogP contribution >= 0.6 is 11.9 Å². The first-order chi connectivity index (χ1) is 14.1. The van der Waals surface area contributed by atoms with E-state index in [2.05, 4.69) is 36.1 Å². The first-order valence-electron chi connectivity index (χ1n) is 10.2. The quantitative estimate of drug-likeness (QED) is 0.338. The molecule has 4 rings (SSSR count). The van der Waals surface area contributed by atoms with E-state index in [0.29, 0.717) is 6.54 Å². The second-order valence-corrected chi connectivity index (χ2v) is 8.90. The number of aromatic nitrogens is 1. The molecule has 1 aromatic heterocycles. The van der Waals surface area contributed by atoms with Gasteiger partial charge in [-0.05, 0) is 68.7 Å². The largest absolute Gasteiger partial charge is 0.411 e. The van der Waals surface area contributed by atoms with Crippen molar-refractivity contribution in [3.63, 3.8) is 0 Å². The molecule has 0 atom stereocenters. The van der Waals surface area contributed by atoms with Crippen LogP contribution in [-0.2, 0) is 6.54 Å². The molecular formula is C21H28FN5OS. The van der Waals surface area contributed by atoms with Crippen LogP contribution in [0.1, 0.15) is 18.5 Å². The van der Waals surface area contributed by atoms with Gasteiger partial charge >= 0.3 is 0 Å². The molecule has 1 N–H and O–H groups in total. The van der Waals surface area contributed by atoms with Crippen molar-refractivity contribution in [2.24, 2.45) is 5.16 Å². The molecule has 2 aromatic rings. The van der Waals surface area contributed by atoms with Crippen LogP contribution in [0.3, 0.4) is 0 Å².